The smallest absolute Gasteiger partial charge is 0.167 e. The number of aliphatic hydroxyl groups is 3. The van der Waals surface area contributed by atoms with E-state index in [4.69, 9.17) is 4.74 Å². The van der Waals surface area contributed by atoms with E-state index in [0.29, 0.717) is 17.0 Å². The summed E-state index contributed by atoms with van der Waals surface area (Å²) in [5, 5.41) is 33.1. The summed E-state index contributed by atoms with van der Waals surface area (Å²) in [4.78, 5) is 13.1. The molecule has 146 valence electrons. The third kappa shape index (κ3) is 2.67. The van der Waals surface area contributed by atoms with E-state index < -0.39 is 24.5 Å². The van der Waals surface area contributed by atoms with Crippen molar-refractivity contribution >= 4 is 17.0 Å². The number of aliphatic hydroxyl groups excluding tert-OH is 3. The summed E-state index contributed by atoms with van der Waals surface area (Å²) >= 11 is 0. The molecule has 0 bridgehead atoms. The maximum Gasteiger partial charge on any atom is 0.167 e. The molecule has 9 heteroatoms. The molecule has 4 N–H and O–H groups in total. The number of aryl methyl sites for hydroxylation is 1. The van der Waals surface area contributed by atoms with E-state index in [2.05, 4.69) is 32.4 Å². The van der Waals surface area contributed by atoms with Gasteiger partial charge in [-0.3, -0.25) is 4.57 Å². The summed E-state index contributed by atoms with van der Waals surface area (Å²) in [5.41, 5.74) is 3.64. The fourth-order valence-corrected chi connectivity index (χ4v) is 4.13. The Morgan fingerprint density at radius 1 is 1.14 bits per heavy atom. The van der Waals surface area contributed by atoms with Crippen LogP contribution in [0.2, 0.25) is 0 Å². The lowest BCUT2D eigenvalue weighted by atomic mass is 10.1. The maximum atomic E-state index is 10.3. The quantitative estimate of drug-likeness (QED) is 0.514. The number of hydrogen-bond acceptors (Lipinski definition) is 8. The van der Waals surface area contributed by atoms with Crippen LogP contribution in [0.25, 0.3) is 11.2 Å². The lowest BCUT2D eigenvalue weighted by molar-refractivity contribution is -0.0511. The van der Waals surface area contributed by atoms with Gasteiger partial charge in [-0.15, -0.1) is 0 Å². The van der Waals surface area contributed by atoms with Gasteiger partial charge in [0.25, 0.3) is 0 Å². The van der Waals surface area contributed by atoms with Gasteiger partial charge in [0.15, 0.2) is 23.2 Å². The summed E-state index contributed by atoms with van der Waals surface area (Å²) < 4.78 is 7.16. The van der Waals surface area contributed by atoms with Crippen molar-refractivity contribution in [2.24, 2.45) is 0 Å². The van der Waals surface area contributed by atoms with E-state index in [1.807, 2.05) is 12.1 Å². The van der Waals surface area contributed by atoms with Crippen molar-refractivity contribution in [3.05, 3.63) is 48.0 Å². The van der Waals surface area contributed by atoms with Crippen molar-refractivity contribution in [1.82, 2.24) is 19.5 Å². The third-order valence-electron chi connectivity index (χ3n) is 5.59. The van der Waals surface area contributed by atoms with Crippen LogP contribution in [0.5, 0.6) is 0 Å². The van der Waals surface area contributed by atoms with Gasteiger partial charge < -0.3 is 25.4 Å². The number of benzene rings is 1. The lowest BCUT2D eigenvalue weighted by Gasteiger charge is -2.17. The highest BCUT2D eigenvalue weighted by Crippen LogP contribution is 2.36. The molecule has 0 unspecified atom stereocenters. The summed E-state index contributed by atoms with van der Waals surface area (Å²) in [6.07, 6.45) is 0.821. The highest BCUT2D eigenvalue weighted by Gasteiger charge is 2.44. The van der Waals surface area contributed by atoms with E-state index >= 15 is 0 Å². The molecule has 0 spiro atoms. The van der Waals surface area contributed by atoms with Crippen LogP contribution in [0.4, 0.5) is 5.82 Å². The van der Waals surface area contributed by atoms with Gasteiger partial charge in [0.2, 0.25) is 0 Å². The molecule has 5 rings (SSSR count). The van der Waals surface area contributed by atoms with Gasteiger partial charge in [-0.1, -0.05) is 24.3 Å². The summed E-state index contributed by atoms with van der Waals surface area (Å²) in [7, 11) is 0. The molecule has 3 aromatic rings. The molecule has 5 atom stereocenters. The van der Waals surface area contributed by atoms with Crippen LogP contribution in [0.1, 0.15) is 29.8 Å². The first-order valence-corrected chi connectivity index (χ1v) is 9.31. The molecule has 28 heavy (non-hydrogen) atoms. The minimum Gasteiger partial charge on any atom is -0.394 e. The lowest BCUT2D eigenvalue weighted by Crippen LogP contribution is -2.33. The molecule has 1 saturated heterocycles. The predicted octanol–water partition coefficient (Wildman–Crippen LogP) is 0.537. The normalized spacial score (nSPS) is 29.3. The molecule has 0 amide bonds. The van der Waals surface area contributed by atoms with E-state index in [1.165, 1.54) is 23.8 Å². The molecule has 0 saturated carbocycles. The Kier molecular flexibility index (Phi) is 4.24. The van der Waals surface area contributed by atoms with Crippen LogP contribution in [-0.4, -0.2) is 59.8 Å². The number of rotatable bonds is 4. The first-order valence-electron chi connectivity index (χ1n) is 9.31. The molecule has 3 heterocycles. The number of imidazole rings is 1. The topological polar surface area (TPSA) is 126 Å². The standard InChI is InChI=1S/C19H21N5O4/c25-7-13-15(26)16(27)19(28-13)24-9-22-14-17(20-8-21-18(14)24)23-12-6-5-10-3-1-2-4-11(10)12/h1-4,8-9,12-13,15-16,19,25-27H,5-7H2,(H,20,21,23)/t12-,13-,15-,16-,19-/m1/s1. The van der Waals surface area contributed by atoms with Gasteiger partial charge in [0.1, 0.15) is 24.6 Å². The van der Waals surface area contributed by atoms with Crippen molar-refractivity contribution < 1.29 is 20.1 Å². The Morgan fingerprint density at radius 2 is 2.00 bits per heavy atom. The third-order valence-corrected chi connectivity index (χ3v) is 5.59. The Balaban J connectivity index is 1.47. The first kappa shape index (κ1) is 17.5. The Morgan fingerprint density at radius 3 is 2.82 bits per heavy atom. The van der Waals surface area contributed by atoms with Crippen molar-refractivity contribution in [3.63, 3.8) is 0 Å². The van der Waals surface area contributed by atoms with E-state index in [0.717, 1.165) is 12.8 Å². The highest BCUT2D eigenvalue weighted by molar-refractivity contribution is 5.83. The first-order chi connectivity index (χ1) is 13.7. The van der Waals surface area contributed by atoms with Gasteiger partial charge in [-0.25, -0.2) is 15.0 Å². The molecule has 1 aliphatic heterocycles. The zero-order valence-corrected chi connectivity index (χ0v) is 15.0. The Hall–Kier alpha value is -2.59. The van der Waals surface area contributed by atoms with Gasteiger partial charge in [0, 0.05) is 0 Å². The SMILES string of the molecule is OC[C@H]1O[C@@H](n2cnc3c(N[C@@H]4CCc5ccccc54)ncnc32)[C@H](O)[C@@H]1O. The number of hydrogen-bond donors (Lipinski definition) is 4. The van der Waals surface area contributed by atoms with Gasteiger partial charge in [-0.2, -0.15) is 0 Å². The fraction of sp³-hybridized carbons (Fsp3) is 0.421. The van der Waals surface area contributed by atoms with E-state index in [1.54, 1.807) is 4.57 Å². The van der Waals surface area contributed by atoms with Crippen LogP contribution in [0.3, 0.4) is 0 Å². The number of nitrogens with zero attached hydrogens (tertiary/aromatic N) is 4. The molecule has 1 aromatic carbocycles. The van der Waals surface area contributed by atoms with Crippen molar-refractivity contribution in [2.45, 2.75) is 43.4 Å². The fourth-order valence-electron chi connectivity index (χ4n) is 4.13. The number of nitrogens with one attached hydrogen (secondary N) is 1. The highest BCUT2D eigenvalue weighted by atomic mass is 16.6. The average molecular weight is 383 g/mol. The van der Waals surface area contributed by atoms with Crippen LogP contribution in [0.15, 0.2) is 36.9 Å². The van der Waals surface area contributed by atoms with Crippen molar-refractivity contribution in [1.29, 1.82) is 0 Å². The molecule has 9 nitrogen and oxygen atoms in total. The van der Waals surface area contributed by atoms with Crippen LogP contribution in [-0.2, 0) is 11.2 Å². The van der Waals surface area contributed by atoms with E-state index in [-0.39, 0.29) is 12.6 Å². The monoisotopic (exact) mass is 383 g/mol. The maximum absolute atomic E-state index is 10.3. The largest absolute Gasteiger partial charge is 0.394 e. The molecule has 2 aliphatic rings. The minimum absolute atomic E-state index is 0.147. The van der Waals surface area contributed by atoms with Crippen LogP contribution < -0.4 is 5.32 Å². The second kappa shape index (κ2) is 6.78. The van der Waals surface area contributed by atoms with Gasteiger partial charge in [-0.05, 0) is 24.0 Å². The van der Waals surface area contributed by atoms with Gasteiger partial charge >= 0.3 is 0 Å². The van der Waals surface area contributed by atoms with Crippen molar-refractivity contribution in [3.8, 4) is 0 Å². The van der Waals surface area contributed by atoms with Gasteiger partial charge in [0.05, 0.1) is 19.0 Å². The predicted molar refractivity (Wildman–Crippen MR) is 99.5 cm³/mol. The molecule has 0 radical (unpaired) electrons. The number of fused-ring (bicyclic) bond motifs is 2. The van der Waals surface area contributed by atoms with Crippen LogP contribution >= 0.6 is 0 Å². The van der Waals surface area contributed by atoms with E-state index in [9.17, 15) is 15.3 Å². The molecule has 1 aliphatic carbocycles. The summed E-state index contributed by atoms with van der Waals surface area (Å²) in [5.74, 6) is 0.609. The summed E-state index contributed by atoms with van der Waals surface area (Å²) in [6.45, 7) is -0.385. The second-order valence-corrected chi connectivity index (χ2v) is 7.21. The Bertz CT molecular complexity index is 1010. The molecular weight excluding hydrogens is 362 g/mol. The minimum atomic E-state index is -1.19. The number of anilines is 1. The molecule has 2 aromatic heterocycles. The number of aromatic nitrogens is 4. The van der Waals surface area contributed by atoms with Crippen molar-refractivity contribution in [2.75, 3.05) is 11.9 Å². The van der Waals surface area contributed by atoms with Crippen LogP contribution in [0, 0.1) is 0 Å². The second-order valence-electron chi connectivity index (χ2n) is 7.21. The summed E-state index contributed by atoms with van der Waals surface area (Å²) in [6, 6.07) is 8.49. The Labute approximate surface area is 160 Å². The molecular formula is C19H21N5O4. The number of ether oxygens (including phenoxy) is 1. The zero-order chi connectivity index (χ0) is 19.3. The molecule has 1 fully saturated rings. The zero-order valence-electron chi connectivity index (χ0n) is 15.0. The average Bonchev–Trinajstić information content (AvgIpc) is 3.40.